The van der Waals surface area contributed by atoms with Gasteiger partial charge in [-0.1, -0.05) is 127 Å². The van der Waals surface area contributed by atoms with Crippen molar-refractivity contribution < 1.29 is 0 Å². The number of benzene rings is 8. The number of para-hydroxylation sites is 4. The highest BCUT2D eigenvalue weighted by atomic mass is 15.0. The third-order valence-electron chi connectivity index (χ3n) is 10.9. The highest BCUT2D eigenvalue weighted by molar-refractivity contribution is 6.18. The van der Waals surface area contributed by atoms with Crippen molar-refractivity contribution in [3.8, 4) is 56.7 Å². The lowest BCUT2D eigenvalue weighted by Crippen LogP contribution is -2.01. The van der Waals surface area contributed by atoms with Crippen LogP contribution in [0.1, 0.15) is 0 Å². The van der Waals surface area contributed by atoms with E-state index in [-0.39, 0.29) is 0 Å². The van der Waals surface area contributed by atoms with Crippen molar-refractivity contribution in [2.24, 2.45) is 0 Å². The first-order chi connectivity index (χ1) is 28.7. The zero-order chi connectivity index (χ0) is 38.6. The van der Waals surface area contributed by atoms with Gasteiger partial charge in [0.2, 0.25) is 0 Å². The van der Waals surface area contributed by atoms with Gasteiger partial charge in [-0.3, -0.25) is 0 Å². The van der Waals surface area contributed by atoms with E-state index in [1.165, 1.54) is 10.8 Å². The number of hydrogen-bond donors (Lipinski definition) is 0. The molecule has 6 heteroatoms. The van der Waals surface area contributed by atoms with Crippen LogP contribution in [0, 0.1) is 6.57 Å². The Morgan fingerprint density at radius 1 is 0.362 bits per heavy atom. The molecule has 0 atom stereocenters. The van der Waals surface area contributed by atoms with Crippen LogP contribution in [-0.4, -0.2) is 24.1 Å². The standard InChI is InChI=1S/C52H32N6/c1-53-38-19-15-18-36(30-38)51-54-50(34-16-5-2-6-17-34)55-52(56-51)37-32-43(49-42-25-12-14-27-46(42)58(48(49)33-37)40-22-9-4-10-23-40)35-28-29-47-44(31-35)41-24-11-13-26-45(41)57(47)39-20-7-3-8-21-39/h2-33H. The van der Waals surface area contributed by atoms with E-state index in [1.54, 1.807) is 6.07 Å². The molecule has 0 aliphatic heterocycles. The normalized spacial score (nSPS) is 11.4. The molecule has 3 aromatic heterocycles. The number of hydrogen-bond acceptors (Lipinski definition) is 3. The van der Waals surface area contributed by atoms with Crippen LogP contribution in [0.5, 0.6) is 0 Å². The molecule has 0 aliphatic carbocycles. The summed E-state index contributed by atoms with van der Waals surface area (Å²) in [5, 5.41) is 4.68. The number of rotatable bonds is 6. The van der Waals surface area contributed by atoms with Gasteiger partial charge in [0.25, 0.3) is 0 Å². The zero-order valence-electron chi connectivity index (χ0n) is 31.2. The number of fused-ring (bicyclic) bond motifs is 6. The lowest BCUT2D eigenvalue weighted by molar-refractivity contribution is 1.07. The molecule has 0 N–H and O–H groups in total. The van der Waals surface area contributed by atoms with Crippen molar-refractivity contribution >= 4 is 49.3 Å². The Morgan fingerprint density at radius 3 is 1.59 bits per heavy atom. The lowest BCUT2D eigenvalue weighted by atomic mass is 9.95. The van der Waals surface area contributed by atoms with Gasteiger partial charge in [-0.05, 0) is 77.9 Å². The van der Waals surface area contributed by atoms with Crippen LogP contribution in [-0.2, 0) is 0 Å². The van der Waals surface area contributed by atoms with Crippen LogP contribution in [0.15, 0.2) is 194 Å². The predicted octanol–water partition coefficient (Wildman–Crippen LogP) is 13.3. The van der Waals surface area contributed by atoms with Crippen LogP contribution in [0.3, 0.4) is 0 Å². The fourth-order valence-electron chi connectivity index (χ4n) is 8.37. The maximum atomic E-state index is 7.68. The van der Waals surface area contributed by atoms with Crippen LogP contribution in [0.2, 0.25) is 0 Å². The van der Waals surface area contributed by atoms with E-state index in [9.17, 15) is 0 Å². The Morgan fingerprint density at radius 2 is 0.897 bits per heavy atom. The molecule has 6 nitrogen and oxygen atoms in total. The average Bonchev–Trinajstić information content (AvgIpc) is 3.82. The summed E-state index contributed by atoms with van der Waals surface area (Å²) in [6.07, 6.45) is 0. The first-order valence-corrected chi connectivity index (χ1v) is 19.2. The van der Waals surface area contributed by atoms with Gasteiger partial charge < -0.3 is 9.13 Å². The molecule has 0 radical (unpaired) electrons. The topological polar surface area (TPSA) is 52.9 Å². The van der Waals surface area contributed by atoms with E-state index in [0.717, 1.165) is 72.0 Å². The van der Waals surface area contributed by atoms with Crippen molar-refractivity contribution in [1.29, 1.82) is 0 Å². The molecule has 58 heavy (non-hydrogen) atoms. The van der Waals surface area contributed by atoms with Gasteiger partial charge in [0, 0.05) is 49.6 Å². The average molecular weight is 741 g/mol. The highest BCUT2D eigenvalue weighted by Crippen LogP contribution is 2.43. The second-order valence-electron chi connectivity index (χ2n) is 14.4. The van der Waals surface area contributed by atoms with Gasteiger partial charge in [-0.2, -0.15) is 0 Å². The molecular formula is C52H32N6. The first kappa shape index (κ1) is 33.2. The minimum Gasteiger partial charge on any atom is -0.309 e. The molecular weight excluding hydrogens is 709 g/mol. The van der Waals surface area contributed by atoms with E-state index in [1.807, 2.05) is 48.5 Å². The minimum atomic E-state index is 0.509. The molecule has 0 saturated heterocycles. The minimum absolute atomic E-state index is 0.509. The summed E-state index contributed by atoms with van der Waals surface area (Å²) in [5.41, 5.74) is 11.9. The maximum absolute atomic E-state index is 7.68. The molecule has 3 heterocycles. The molecule has 11 rings (SSSR count). The van der Waals surface area contributed by atoms with E-state index in [0.29, 0.717) is 23.2 Å². The van der Waals surface area contributed by atoms with Crippen molar-refractivity contribution in [3.05, 3.63) is 206 Å². The van der Waals surface area contributed by atoms with Gasteiger partial charge in [0.05, 0.1) is 28.6 Å². The third-order valence-corrected chi connectivity index (χ3v) is 10.9. The summed E-state index contributed by atoms with van der Waals surface area (Å²) < 4.78 is 4.69. The monoisotopic (exact) mass is 740 g/mol. The van der Waals surface area contributed by atoms with E-state index >= 15 is 0 Å². The molecule has 0 amide bonds. The molecule has 0 bridgehead atoms. The summed E-state index contributed by atoms with van der Waals surface area (Å²) >= 11 is 0. The molecule has 0 aliphatic rings. The van der Waals surface area contributed by atoms with Gasteiger partial charge in [0.1, 0.15) is 0 Å². The van der Waals surface area contributed by atoms with E-state index in [4.69, 9.17) is 21.5 Å². The zero-order valence-corrected chi connectivity index (χ0v) is 31.2. The molecule has 0 unspecified atom stereocenters. The molecule has 0 spiro atoms. The SMILES string of the molecule is [C-]#[N+]c1cccc(-c2nc(-c3ccccc3)nc(-c3cc(-c4ccc5c(c4)c4ccccc4n5-c4ccccc4)c4c5ccccc5n(-c5ccccc5)c4c3)n2)c1. The number of aromatic nitrogens is 5. The Balaban J connectivity index is 1.23. The van der Waals surface area contributed by atoms with Crippen LogP contribution in [0.4, 0.5) is 5.69 Å². The largest absolute Gasteiger partial charge is 0.309 e. The van der Waals surface area contributed by atoms with Crippen molar-refractivity contribution in [2.75, 3.05) is 0 Å². The highest BCUT2D eigenvalue weighted by Gasteiger charge is 2.22. The maximum Gasteiger partial charge on any atom is 0.187 e. The Kier molecular flexibility index (Phi) is 7.76. The van der Waals surface area contributed by atoms with Gasteiger partial charge in [-0.25, -0.2) is 19.8 Å². The van der Waals surface area contributed by atoms with Crippen LogP contribution >= 0.6 is 0 Å². The van der Waals surface area contributed by atoms with Gasteiger partial charge in [-0.15, -0.1) is 0 Å². The summed E-state index contributed by atoms with van der Waals surface area (Å²) in [5.74, 6) is 1.62. The molecule has 270 valence electrons. The Bertz CT molecular complexity index is 3390. The van der Waals surface area contributed by atoms with Gasteiger partial charge in [0.15, 0.2) is 23.2 Å². The van der Waals surface area contributed by atoms with Gasteiger partial charge >= 0.3 is 0 Å². The summed E-state index contributed by atoms with van der Waals surface area (Å²) in [4.78, 5) is 19.0. The van der Waals surface area contributed by atoms with E-state index < -0.39 is 0 Å². The van der Waals surface area contributed by atoms with Crippen molar-refractivity contribution in [2.45, 2.75) is 0 Å². The quantitative estimate of drug-likeness (QED) is 0.160. The van der Waals surface area contributed by atoms with Crippen LogP contribution in [0.25, 0.3) is 105 Å². The smallest absolute Gasteiger partial charge is 0.187 e. The van der Waals surface area contributed by atoms with Crippen molar-refractivity contribution in [1.82, 2.24) is 24.1 Å². The van der Waals surface area contributed by atoms with Crippen molar-refractivity contribution in [3.63, 3.8) is 0 Å². The Hall–Kier alpha value is -8.14. The summed E-state index contributed by atoms with van der Waals surface area (Å²) in [7, 11) is 0. The molecule has 11 aromatic rings. The van der Waals surface area contributed by atoms with E-state index in [2.05, 4.69) is 154 Å². The Labute approximate surface area is 334 Å². The summed E-state index contributed by atoms with van der Waals surface area (Å²) in [6, 6.07) is 67.1. The first-order valence-electron chi connectivity index (χ1n) is 19.2. The fraction of sp³-hybridized carbons (Fsp3) is 0. The lowest BCUT2D eigenvalue weighted by Gasteiger charge is -2.13. The second-order valence-corrected chi connectivity index (χ2v) is 14.4. The number of nitrogens with zero attached hydrogens (tertiary/aromatic N) is 6. The predicted molar refractivity (Wildman–Crippen MR) is 237 cm³/mol. The molecule has 8 aromatic carbocycles. The molecule has 0 fully saturated rings. The van der Waals surface area contributed by atoms with Crippen LogP contribution < -0.4 is 0 Å². The third kappa shape index (κ3) is 5.45. The summed E-state index contributed by atoms with van der Waals surface area (Å²) in [6.45, 7) is 7.68. The fourth-order valence-corrected chi connectivity index (χ4v) is 8.37. The molecule has 0 saturated carbocycles. The second kappa shape index (κ2) is 13.6.